The number of hydrogen-bond donors (Lipinski definition) is 0. The van der Waals surface area contributed by atoms with Crippen molar-refractivity contribution in [3.63, 3.8) is 0 Å². The molecule has 3 aromatic rings. The van der Waals surface area contributed by atoms with Crippen LogP contribution in [0.1, 0.15) is 23.6 Å². The maximum absolute atomic E-state index is 12.1. The van der Waals surface area contributed by atoms with E-state index in [1.54, 1.807) is 18.2 Å². The van der Waals surface area contributed by atoms with Crippen LogP contribution in [0.2, 0.25) is 0 Å². The molecule has 0 saturated heterocycles. The third kappa shape index (κ3) is 4.34. The van der Waals surface area contributed by atoms with E-state index in [-0.39, 0.29) is 13.2 Å². The molecule has 0 spiro atoms. The summed E-state index contributed by atoms with van der Waals surface area (Å²) in [5, 5.41) is 0.748. The fraction of sp³-hybridized carbons (Fsp3) is 0.273. The van der Waals surface area contributed by atoms with Crippen molar-refractivity contribution in [2.24, 2.45) is 0 Å². The number of aryl methyl sites for hydroxylation is 2. The predicted octanol–water partition coefficient (Wildman–Crippen LogP) is 3.93. The van der Waals surface area contributed by atoms with Gasteiger partial charge in [-0.25, -0.2) is 9.59 Å². The number of fused-ring (bicyclic) bond motifs is 1. The average molecular weight is 382 g/mol. The molecule has 0 radical (unpaired) electrons. The molecule has 0 aliphatic rings. The molecule has 6 nitrogen and oxygen atoms in total. The standard InChI is InChI=1S/C22H22O6/c1-4-25-18-7-5-6-8-19(18)26-13-21(24)27-12-16-11-20(23)28-22-15(3)14(2)9-10-17(16)22/h5-11H,4,12-13H2,1-3H3. The van der Waals surface area contributed by atoms with E-state index in [1.807, 2.05) is 39.0 Å². The topological polar surface area (TPSA) is 75.0 Å². The molecule has 1 aromatic heterocycles. The summed E-state index contributed by atoms with van der Waals surface area (Å²) in [7, 11) is 0. The van der Waals surface area contributed by atoms with Gasteiger partial charge in [0.2, 0.25) is 0 Å². The SMILES string of the molecule is CCOc1ccccc1OCC(=O)OCc1cc(=O)oc2c(C)c(C)ccc12. The Morgan fingerprint density at radius 2 is 1.75 bits per heavy atom. The summed E-state index contributed by atoms with van der Waals surface area (Å²) < 4.78 is 21.6. The van der Waals surface area contributed by atoms with Crippen LogP contribution in [-0.4, -0.2) is 19.2 Å². The second kappa shape index (κ2) is 8.61. The van der Waals surface area contributed by atoms with Crippen LogP contribution in [-0.2, 0) is 16.1 Å². The van der Waals surface area contributed by atoms with Gasteiger partial charge in [-0.1, -0.05) is 24.3 Å². The number of para-hydroxylation sites is 2. The Morgan fingerprint density at radius 1 is 1.04 bits per heavy atom. The highest BCUT2D eigenvalue weighted by molar-refractivity contribution is 5.84. The average Bonchev–Trinajstić information content (AvgIpc) is 2.69. The first-order valence-electron chi connectivity index (χ1n) is 9.02. The van der Waals surface area contributed by atoms with Crippen molar-refractivity contribution < 1.29 is 23.4 Å². The van der Waals surface area contributed by atoms with Crippen molar-refractivity contribution in [3.8, 4) is 11.5 Å². The van der Waals surface area contributed by atoms with Gasteiger partial charge < -0.3 is 18.6 Å². The van der Waals surface area contributed by atoms with Gasteiger partial charge in [-0.2, -0.15) is 0 Å². The lowest BCUT2D eigenvalue weighted by molar-refractivity contribution is -0.147. The van der Waals surface area contributed by atoms with E-state index >= 15 is 0 Å². The van der Waals surface area contributed by atoms with Crippen LogP contribution < -0.4 is 15.1 Å². The minimum atomic E-state index is -0.545. The first-order chi connectivity index (χ1) is 13.5. The summed E-state index contributed by atoms with van der Waals surface area (Å²) in [5.74, 6) is 0.491. The van der Waals surface area contributed by atoms with E-state index in [4.69, 9.17) is 18.6 Å². The third-order valence-corrected chi connectivity index (χ3v) is 4.40. The van der Waals surface area contributed by atoms with Crippen LogP contribution in [0.5, 0.6) is 11.5 Å². The van der Waals surface area contributed by atoms with Crippen molar-refractivity contribution in [3.05, 3.63) is 69.6 Å². The van der Waals surface area contributed by atoms with Crippen molar-refractivity contribution in [1.82, 2.24) is 0 Å². The Balaban J connectivity index is 1.69. The molecular formula is C22H22O6. The number of carbonyl (C=O) groups excluding carboxylic acids is 1. The molecule has 0 bridgehead atoms. The number of hydrogen-bond acceptors (Lipinski definition) is 6. The van der Waals surface area contributed by atoms with Crippen LogP contribution in [0.25, 0.3) is 11.0 Å². The molecular weight excluding hydrogens is 360 g/mol. The van der Waals surface area contributed by atoms with E-state index in [0.717, 1.165) is 16.5 Å². The number of benzene rings is 2. The minimum absolute atomic E-state index is 0.0418. The third-order valence-electron chi connectivity index (χ3n) is 4.40. The van der Waals surface area contributed by atoms with Gasteiger partial charge in [0, 0.05) is 17.0 Å². The molecule has 3 rings (SSSR count). The predicted molar refractivity (Wildman–Crippen MR) is 105 cm³/mol. The Morgan fingerprint density at radius 3 is 2.46 bits per heavy atom. The lowest BCUT2D eigenvalue weighted by Crippen LogP contribution is -2.16. The summed E-state index contributed by atoms with van der Waals surface area (Å²) in [4.78, 5) is 24.0. The minimum Gasteiger partial charge on any atom is -0.490 e. The Bertz CT molecular complexity index is 1050. The van der Waals surface area contributed by atoms with Crippen molar-refractivity contribution in [1.29, 1.82) is 0 Å². The summed E-state index contributed by atoms with van der Waals surface area (Å²) in [6, 6.07) is 12.3. The van der Waals surface area contributed by atoms with E-state index in [2.05, 4.69) is 0 Å². The second-order valence-corrected chi connectivity index (χ2v) is 6.30. The first kappa shape index (κ1) is 19.5. The van der Waals surface area contributed by atoms with Crippen molar-refractivity contribution in [2.75, 3.05) is 13.2 Å². The monoisotopic (exact) mass is 382 g/mol. The lowest BCUT2D eigenvalue weighted by atomic mass is 10.0. The van der Waals surface area contributed by atoms with Gasteiger partial charge in [-0.05, 0) is 44.0 Å². The number of ether oxygens (including phenoxy) is 3. The summed E-state index contributed by atoms with van der Waals surface area (Å²) >= 11 is 0. The first-order valence-corrected chi connectivity index (χ1v) is 9.02. The van der Waals surface area contributed by atoms with Crippen LogP contribution >= 0.6 is 0 Å². The van der Waals surface area contributed by atoms with Crippen molar-refractivity contribution in [2.45, 2.75) is 27.4 Å². The number of carbonyl (C=O) groups is 1. The summed E-state index contributed by atoms with van der Waals surface area (Å²) in [5.41, 5.74) is 2.54. The van der Waals surface area contributed by atoms with Gasteiger partial charge in [0.15, 0.2) is 18.1 Å². The van der Waals surface area contributed by atoms with Gasteiger partial charge in [0.25, 0.3) is 0 Å². The van der Waals surface area contributed by atoms with Crippen molar-refractivity contribution >= 4 is 16.9 Å². The zero-order valence-corrected chi connectivity index (χ0v) is 16.1. The molecule has 0 fully saturated rings. The maximum Gasteiger partial charge on any atom is 0.344 e. The smallest absolute Gasteiger partial charge is 0.344 e. The van der Waals surface area contributed by atoms with Gasteiger partial charge in [-0.3, -0.25) is 0 Å². The van der Waals surface area contributed by atoms with Gasteiger partial charge >= 0.3 is 11.6 Å². The summed E-state index contributed by atoms with van der Waals surface area (Å²) in [6.07, 6.45) is 0. The Kier molecular flexibility index (Phi) is 5.99. The molecule has 0 amide bonds. The lowest BCUT2D eigenvalue weighted by Gasteiger charge is -2.12. The largest absolute Gasteiger partial charge is 0.490 e. The normalized spacial score (nSPS) is 10.7. The van der Waals surface area contributed by atoms with Crippen LogP contribution in [0.3, 0.4) is 0 Å². The molecule has 0 atom stereocenters. The highest BCUT2D eigenvalue weighted by Gasteiger charge is 2.13. The highest BCUT2D eigenvalue weighted by Crippen LogP contribution is 2.26. The zero-order valence-electron chi connectivity index (χ0n) is 16.1. The number of esters is 1. The molecule has 2 aromatic carbocycles. The molecule has 0 aliphatic heterocycles. The van der Waals surface area contributed by atoms with E-state index in [9.17, 15) is 9.59 Å². The quantitative estimate of drug-likeness (QED) is 0.455. The van der Waals surface area contributed by atoms with Crippen LogP contribution in [0.15, 0.2) is 51.7 Å². The molecule has 146 valence electrons. The Hall–Kier alpha value is -3.28. The molecule has 0 N–H and O–H groups in total. The molecule has 6 heteroatoms. The van der Waals surface area contributed by atoms with E-state index < -0.39 is 11.6 Å². The maximum atomic E-state index is 12.1. The van der Waals surface area contributed by atoms with Crippen LogP contribution in [0, 0.1) is 13.8 Å². The van der Waals surface area contributed by atoms with Gasteiger partial charge in [0.1, 0.15) is 12.2 Å². The fourth-order valence-electron chi connectivity index (χ4n) is 2.82. The van der Waals surface area contributed by atoms with Gasteiger partial charge in [-0.15, -0.1) is 0 Å². The Labute approximate surface area is 162 Å². The highest BCUT2D eigenvalue weighted by atomic mass is 16.6. The molecule has 0 saturated carbocycles. The molecule has 0 unspecified atom stereocenters. The molecule has 28 heavy (non-hydrogen) atoms. The molecule has 1 heterocycles. The second-order valence-electron chi connectivity index (χ2n) is 6.30. The van der Waals surface area contributed by atoms with E-state index in [0.29, 0.717) is 29.3 Å². The van der Waals surface area contributed by atoms with E-state index in [1.165, 1.54) is 6.07 Å². The summed E-state index contributed by atoms with van der Waals surface area (Å²) in [6.45, 7) is 5.89. The van der Waals surface area contributed by atoms with Gasteiger partial charge in [0.05, 0.1) is 6.61 Å². The fourth-order valence-corrected chi connectivity index (χ4v) is 2.82. The zero-order chi connectivity index (χ0) is 20.1. The number of rotatable bonds is 7. The molecule has 0 aliphatic carbocycles. The van der Waals surface area contributed by atoms with Crippen LogP contribution in [0.4, 0.5) is 0 Å².